The number of fused-ring (bicyclic) bond motifs is 2. The Morgan fingerprint density at radius 2 is 1.58 bits per heavy atom. The third-order valence-corrected chi connectivity index (χ3v) is 4.05. The van der Waals surface area contributed by atoms with Crippen LogP contribution in [-0.2, 0) is 20.5 Å². The van der Waals surface area contributed by atoms with Crippen molar-refractivity contribution in [3.63, 3.8) is 0 Å². The quantitative estimate of drug-likeness (QED) is 0.232. The van der Waals surface area contributed by atoms with Gasteiger partial charge in [0, 0.05) is 5.56 Å². The summed E-state index contributed by atoms with van der Waals surface area (Å²) >= 11 is -0.779. The lowest BCUT2D eigenvalue weighted by Gasteiger charge is -2.17. The van der Waals surface area contributed by atoms with Gasteiger partial charge in [-0.15, -0.1) is 0 Å². The molecule has 0 spiro atoms. The van der Waals surface area contributed by atoms with Gasteiger partial charge in [-0.05, 0) is 27.6 Å². The van der Waals surface area contributed by atoms with E-state index in [-0.39, 0.29) is 6.61 Å². The molecule has 0 saturated carbocycles. The topological polar surface area (TPSA) is 58.6 Å². The first-order chi connectivity index (χ1) is 11.5. The lowest BCUT2D eigenvalue weighted by atomic mass is 9.97. The van der Waals surface area contributed by atoms with Gasteiger partial charge in [-0.2, -0.15) is 8.78 Å². The van der Waals surface area contributed by atoms with Crippen LogP contribution in [-0.4, -0.2) is 11.2 Å². The lowest BCUT2D eigenvalue weighted by molar-refractivity contribution is -0.630. The van der Waals surface area contributed by atoms with Gasteiger partial charge in [-0.3, -0.25) is 0 Å². The summed E-state index contributed by atoms with van der Waals surface area (Å²) in [5.41, 5.74) is 0.626. The number of hydrogen-bond donors (Lipinski definition) is 0. The van der Waals surface area contributed by atoms with Crippen molar-refractivity contribution in [3.8, 4) is 0 Å². The zero-order valence-electron chi connectivity index (χ0n) is 12.2. The molecule has 3 aromatic carbocycles. The van der Waals surface area contributed by atoms with Crippen molar-refractivity contribution in [2.24, 2.45) is 0 Å². The summed E-state index contributed by atoms with van der Waals surface area (Å²) in [5, 5.41) is 9.22. The summed E-state index contributed by atoms with van der Waals surface area (Å²) < 4.78 is 34.4. The van der Waals surface area contributed by atoms with Gasteiger partial charge in [0.25, 0.3) is 0 Å². The number of rotatable bonds is 5. The van der Waals surface area contributed by atoms with E-state index in [1.165, 1.54) is 0 Å². The van der Waals surface area contributed by atoms with Crippen molar-refractivity contribution in [2.75, 3.05) is 0 Å². The van der Waals surface area contributed by atoms with Crippen molar-refractivity contribution in [1.29, 1.82) is 0 Å². The molecule has 0 aliphatic heterocycles. The van der Waals surface area contributed by atoms with E-state index < -0.39 is 23.3 Å². The summed E-state index contributed by atoms with van der Waals surface area (Å²) in [5.74, 6) is -1.82. The van der Waals surface area contributed by atoms with Crippen molar-refractivity contribution < 1.29 is 27.9 Å². The maximum absolute atomic E-state index is 13.3. The summed E-state index contributed by atoms with van der Waals surface area (Å²) in [6, 6.07) is 16.8. The fourth-order valence-corrected chi connectivity index (χ4v) is 2.77. The molecule has 0 saturated heterocycles. The zero-order chi connectivity index (χ0) is 17.2. The fourth-order valence-electron chi connectivity index (χ4n) is 2.56. The molecule has 0 bridgehead atoms. The summed E-state index contributed by atoms with van der Waals surface area (Å²) in [6.45, 7) is -0.338. The second-order valence-electron chi connectivity index (χ2n) is 5.04. The Morgan fingerprint density at radius 3 is 2.12 bits per heavy atom. The van der Waals surface area contributed by atoms with Gasteiger partial charge in [0.2, 0.25) is 0 Å². The highest BCUT2D eigenvalue weighted by atomic mass is 32.2. The van der Waals surface area contributed by atoms with Gasteiger partial charge in [0.05, 0.1) is 12.0 Å². The van der Waals surface area contributed by atoms with Gasteiger partial charge in [-0.1, -0.05) is 48.5 Å². The molecule has 0 aliphatic rings. The number of hydrogen-bond acceptors (Lipinski definition) is 5. The average molecular weight is 349 g/mol. The molecule has 0 amide bonds. The Bertz CT molecular complexity index is 844. The zero-order valence-corrected chi connectivity index (χ0v) is 13.0. The number of ether oxygens (including phenoxy) is 1. The molecule has 0 aromatic heterocycles. The first kappa shape index (κ1) is 16.6. The first-order valence-corrected chi connectivity index (χ1v) is 7.69. The Labute approximate surface area is 140 Å². The first-order valence-electron chi connectivity index (χ1n) is 6.95. The van der Waals surface area contributed by atoms with Crippen LogP contribution in [0.2, 0.25) is 0 Å². The van der Waals surface area contributed by atoms with E-state index in [1.54, 1.807) is 0 Å². The second kappa shape index (κ2) is 6.72. The van der Waals surface area contributed by atoms with Crippen molar-refractivity contribution in [1.82, 2.24) is 0 Å². The smallest absolute Gasteiger partial charge is 0.412 e. The molecule has 24 heavy (non-hydrogen) atoms. The highest BCUT2D eigenvalue weighted by molar-refractivity contribution is 7.96. The van der Waals surface area contributed by atoms with Gasteiger partial charge in [-0.25, -0.2) is 4.79 Å². The minimum Gasteiger partial charge on any atom is -0.710 e. The van der Waals surface area contributed by atoms with Gasteiger partial charge in [0.15, 0.2) is 0 Å². The van der Waals surface area contributed by atoms with Gasteiger partial charge >= 0.3 is 11.2 Å². The van der Waals surface area contributed by atoms with Crippen LogP contribution in [0.4, 0.5) is 8.78 Å². The molecule has 0 atom stereocenters. The third kappa shape index (κ3) is 3.19. The van der Waals surface area contributed by atoms with Crippen LogP contribution in [0.15, 0.2) is 54.6 Å². The van der Waals surface area contributed by atoms with Gasteiger partial charge in [0.1, 0.15) is 6.61 Å². The van der Waals surface area contributed by atoms with Crippen LogP contribution < -0.4 is 5.26 Å². The van der Waals surface area contributed by atoms with E-state index in [2.05, 4.69) is 4.33 Å². The standard InChI is InChI=1S/C17H12F2O4S/c18-17(19,24-23-21)16(20)22-10-15-13-7-3-1-5-11(13)9-12-6-2-4-8-14(12)15/h1-9,21H,10H2/p-1. The highest BCUT2D eigenvalue weighted by Gasteiger charge is 2.42. The van der Waals surface area contributed by atoms with Crippen LogP contribution in [0, 0.1) is 0 Å². The molecule has 0 aliphatic carbocycles. The molecule has 3 aromatic rings. The van der Waals surface area contributed by atoms with Crippen molar-refractivity contribution in [3.05, 3.63) is 60.2 Å². The predicted octanol–water partition coefficient (Wildman–Crippen LogP) is 3.57. The minimum absolute atomic E-state index is 0.338. The number of benzene rings is 3. The Balaban J connectivity index is 1.99. The van der Waals surface area contributed by atoms with Crippen LogP contribution in [0.5, 0.6) is 0 Å². The van der Waals surface area contributed by atoms with E-state index in [0.29, 0.717) is 5.56 Å². The summed E-state index contributed by atoms with van der Waals surface area (Å²) in [4.78, 5) is 11.5. The monoisotopic (exact) mass is 349 g/mol. The maximum Gasteiger partial charge on any atom is 0.412 e. The van der Waals surface area contributed by atoms with E-state index in [4.69, 9.17) is 4.74 Å². The molecule has 0 radical (unpaired) electrons. The van der Waals surface area contributed by atoms with E-state index in [0.717, 1.165) is 21.5 Å². The van der Waals surface area contributed by atoms with E-state index >= 15 is 0 Å². The highest BCUT2D eigenvalue weighted by Crippen LogP contribution is 2.32. The van der Waals surface area contributed by atoms with Crippen LogP contribution in [0.3, 0.4) is 0 Å². The number of esters is 1. The third-order valence-electron chi connectivity index (χ3n) is 3.61. The Hall–Kier alpha value is -2.22. The predicted molar refractivity (Wildman–Crippen MR) is 84.9 cm³/mol. The van der Waals surface area contributed by atoms with Crippen molar-refractivity contribution in [2.45, 2.75) is 11.9 Å². The molecule has 3 rings (SSSR count). The fraction of sp³-hybridized carbons (Fsp3) is 0.118. The van der Waals surface area contributed by atoms with E-state index in [1.807, 2.05) is 54.6 Å². The molecule has 124 valence electrons. The number of carbonyl (C=O) groups excluding carboxylic acids is 1. The SMILES string of the molecule is O=C(OCc1c2ccccc2cc2ccccc12)C(F)(F)SO[O-]. The van der Waals surface area contributed by atoms with Crippen LogP contribution in [0.25, 0.3) is 21.5 Å². The second-order valence-corrected chi connectivity index (χ2v) is 5.86. The normalized spacial score (nSPS) is 11.8. The van der Waals surface area contributed by atoms with Crippen LogP contribution >= 0.6 is 12.0 Å². The number of carbonyl (C=O) groups is 1. The summed E-state index contributed by atoms with van der Waals surface area (Å²) in [7, 11) is 0. The van der Waals surface area contributed by atoms with Crippen molar-refractivity contribution >= 4 is 39.6 Å². The maximum atomic E-state index is 13.3. The Kier molecular flexibility index (Phi) is 4.66. The number of alkyl halides is 2. The minimum atomic E-state index is -4.05. The summed E-state index contributed by atoms with van der Waals surface area (Å²) in [6.07, 6.45) is 0. The number of halogens is 2. The molecule has 0 heterocycles. The molecule has 0 N–H and O–H groups in total. The van der Waals surface area contributed by atoms with E-state index in [9.17, 15) is 18.8 Å². The Morgan fingerprint density at radius 1 is 1.04 bits per heavy atom. The molecular weight excluding hydrogens is 338 g/mol. The largest absolute Gasteiger partial charge is 0.710 e. The molecule has 7 heteroatoms. The molecule has 0 unspecified atom stereocenters. The molecule has 0 fully saturated rings. The van der Waals surface area contributed by atoms with Crippen LogP contribution in [0.1, 0.15) is 5.56 Å². The average Bonchev–Trinajstić information content (AvgIpc) is 2.58. The molecular formula is C17H11F2O4S-. The van der Waals surface area contributed by atoms with Gasteiger partial charge < -0.3 is 14.3 Å². The lowest BCUT2D eigenvalue weighted by Crippen LogP contribution is -2.28. The molecule has 4 nitrogen and oxygen atoms in total.